The van der Waals surface area contributed by atoms with Crippen molar-refractivity contribution in [3.63, 3.8) is 0 Å². The van der Waals surface area contributed by atoms with E-state index in [-0.39, 0.29) is 19.1 Å². The smallest absolute Gasteiger partial charge is 0.253 e. The number of amides is 1. The molecule has 1 aromatic heterocycles. The van der Waals surface area contributed by atoms with E-state index in [1.165, 1.54) is 11.1 Å². The number of nitrogens with one attached hydrogen (secondary N) is 1. The number of hydrogen-bond donors (Lipinski definition) is 2. The number of carbonyl (C=O) groups excluding carboxylic acids is 1. The van der Waals surface area contributed by atoms with Crippen LogP contribution in [0.3, 0.4) is 0 Å². The van der Waals surface area contributed by atoms with Gasteiger partial charge in [-0.15, -0.1) is 5.10 Å². The van der Waals surface area contributed by atoms with Gasteiger partial charge in [0.15, 0.2) is 0 Å². The minimum atomic E-state index is -0.0654. The zero-order valence-corrected chi connectivity index (χ0v) is 17.6. The van der Waals surface area contributed by atoms with E-state index in [1.807, 2.05) is 36.9 Å². The van der Waals surface area contributed by atoms with Crippen molar-refractivity contribution in [3.8, 4) is 17.1 Å². The molecule has 3 aromatic rings. The number of carbonyl (C=O) groups is 1. The fourth-order valence-electron chi connectivity index (χ4n) is 3.83. The summed E-state index contributed by atoms with van der Waals surface area (Å²) >= 11 is 0. The molecule has 0 spiro atoms. The maximum absolute atomic E-state index is 13.0. The molecule has 6 nitrogen and oxygen atoms in total. The molecule has 2 N–H and O–H groups in total. The third-order valence-electron chi connectivity index (χ3n) is 5.77. The summed E-state index contributed by atoms with van der Waals surface area (Å²) in [5.41, 5.74) is 6.88. The number of rotatable bonds is 6. The Labute approximate surface area is 176 Å². The maximum atomic E-state index is 13.0. The van der Waals surface area contributed by atoms with Crippen LogP contribution in [0.1, 0.15) is 38.5 Å². The number of aromatic amines is 1. The molecule has 2 heterocycles. The summed E-state index contributed by atoms with van der Waals surface area (Å²) in [6.45, 7) is 7.62. The van der Waals surface area contributed by atoms with E-state index in [1.54, 1.807) is 0 Å². The Morgan fingerprint density at radius 2 is 1.90 bits per heavy atom. The number of aliphatic hydroxyl groups is 1. The van der Waals surface area contributed by atoms with Gasteiger partial charge in [0.05, 0.1) is 12.3 Å². The Bertz CT molecular complexity index is 1050. The molecule has 4 rings (SSSR count). The van der Waals surface area contributed by atoms with Crippen molar-refractivity contribution in [2.45, 2.75) is 26.7 Å². The summed E-state index contributed by atoms with van der Waals surface area (Å²) in [5, 5.41) is 16.2. The van der Waals surface area contributed by atoms with Crippen LogP contribution >= 0.6 is 0 Å². The third kappa shape index (κ3) is 3.83. The molecule has 0 bridgehead atoms. The topological polar surface area (TPSA) is 78.5 Å². The molecule has 0 atom stereocenters. The fourth-order valence-corrected chi connectivity index (χ4v) is 3.83. The van der Waals surface area contributed by atoms with Crippen LogP contribution in [-0.2, 0) is 0 Å². The zero-order chi connectivity index (χ0) is 21.3. The van der Waals surface area contributed by atoms with E-state index in [2.05, 4.69) is 41.4 Å². The number of ether oxygens (including phenoxy) is 1. The van der Waals surface area contributed by atoms with Crippen molar-refractivity contribution in [2.24, 2.45) is 0 Å². The Morgan fingerprint density at radius 1 is 1.17 bits per heavy atom. The van der Waals surface area contributed by atoms with E-state index < -0.39 is 0 Å². The molecule has 6 heteroatoms. The molecule has 0 radical (unpaired) electrons. The van der Waals surface area contributed by atoms with Gasteiger partial charge in [0.25, 0.3) is 5.91 Å². The highest BCUT2D eigenvalue weighted by Gasteiger charge is 2.32. The van der Waals surface area contributed by atoms with Gasteiger partial charge in [0.2, 0.25) is 5.88 Å². The van der Waals surface area contributed by atoms with Gasteiger partial charge in [-0.25, -0.2) is 0 Å². The molecule has 1 saturated heterocycles. The van der Waals surface area contributed by atoms with Crippen LogP contribution in [0.25, 0.3) is 11.3 Å². The van der Waals surface area contributed by atoms with Crippen LogP contribution in [0, 0.1) is 20.8 Å². The monoisotopic (exact) mass is 405 g/mol. The first kappa shape index (κ1) is 20.2. The second-order valence-corrected chi connectivity index (χ2v) is 7.95. The summed E-state index contributed by atoms with van der Waals surface area (Å²) in [6, 6.07) is 14.3. The largest absolute Gasteiger partial charge is 0.474 e. The lowest BCUT2D eigenvalue weighted by Crippen LogP contribution is -2.48. The SMILES string of the molecule is Cc1ccc(C2CN(C(=O)c3ccc(C)c(-c4[nH]nc(OCCO)c4C)c3)C2)cc1. The van der Waals surface area contributed by atoms with Gasteiger partial charge >= 0.3 is 0 Å². The molecule has 0 saturated carbocycles. The number of hydrogen-bond acceptors (Lipinski definition) is 4. The fraction of sp³-hybridized carbons (Fsp3) is 0.333. The molecule has 0 aliphatic carbocycles. The first-order valence-corrected chi connectivity index (χ1v) is 10.2. The lowest BCUT2D eigenvalue weighted by atomic mass is 9.90. The minimum Gasteiger partial charge on any atom is -0.474 e. The van der Waals surface area contributed by atoms with Crippen LogP contribution in [-0.4, -0.2) is 52.4 Å². The molecule has 156 valence electrons. The number of likely N-dealkylation sites (tertiary alicyclic amines) is 1. The number of aryl methyl sites for hydroxylation is 2. The van der Waals surface area contributed by atoms with Crippen molar-refractivity contribution >= 4 is 5.91 Å². The summed E-state index contributed by atoms with van der Waals surface area (Å²) in [4.78, 5) is 14.9. The van der Waals surface area contributed by atoms with E-state index >= 15 is 0 Å². The second-order valence-electron chi connectivity index (χ2n) is 7.95. The molecule has 1 fully saturated rings. The predicted octanol–water partition coefficient (Wildman–Crippen LogP) is 3.61. The van der Waals surface area contributed by atoms with Gasteiger partial charge in [-0.05, 0) is 44.0 Å². The molecule has 2 aromatic carbocycles. The normalized spacial score (nSPS) is 13.9. The summed E-state index contributed by atoms with van der Waals surface area (Å²) in [7, 11) is 0. The van der Waals surface area contributed by atoms with E-state index in [0.29, 0.717) is 17.4 Å². The van der Waals surface area contributed by atoms with Crippen molar-refractivity contribution in [3.05, 3.63) is 70.3 Å². The molecular weight excluding hydrogens is 378 g/mol. The van der Waals surface area contributed by atoms with Crippen molar-refractivity contribution in [2.75, 3.05) is 26.3 Å². The second kappa shape index (κ2) is 8.32. The molecule has 1 aliphatic rings. The van der Waals surface area contributed by atoms with Crippen molar-refractivity contribution < 1.29 is 14.6 Å². The first-order chi connectivity index (χ1) is 14.5. The Morgan fingerprint density at radius 3 is 2.60 bits per heavy atom. The number of aliphatic hydroxyl groups excluding tert-OH is 1. The molecule has 0 unspecified atom stereocenters. The number of benzene rings is 2. The van der Waals surface area contributed by atoms with E-state index in [9.17, 15) is 4.79 Å². The van der Waals surface area contributed by atoms with Crippen LogP contribution in [0.4, 0.5) is 0 Å². The standard InChI is InChI=1S/C24H27N3O3/c1-15-4-7-18(8-5-15)20-13-27(14-20)24(29)19-9-6-16(2)21(12-19)22-17(3)23(26-25-22)30-11-10-28/h4-9,12,20,28H,10-11,13-14H2,1-3H3,(H,25,26). The molecule has 1 aliphatic heterocycles. The molecule has 1 amide bonds. The van der Waals surface area contributed by atoms with Crippen molar-refractivity contribution in [1.29, 1.82) is 0 Å². The third-order valence-corrected chi connectivity index (χ3v) is 5.77. The van der Waals surface area contributed by atoms with Gasteiger partial charge < -0.3 is 14.7 Å². The highest BCUT2D eigenvalue weighted by atomic mass is 16.5. The Balaban J connectivity index is 1.50. The Hall–Kier alpha value is -3.12. The van der Waals surface area contributed by atoms with Crippen LogP contribution in [0.2, 0.25) is 0 Å². The predicted molar refractivity (Wildman–Crippen MR) is 116 cm³/mol. The average molecular weight is 405 g/mol. The van der Waals surface area contributed by atoms with Gasteiger partial charge in [-0.2, -0.15) is 0 Å². The molecule has 30 heavy (non-hydrogen) atoms. The van der Waals surface area contributed by atoms with Gasteiger partial charge in [0, 0.05) is 35.7 Å². The van der Waals surface area contributed by atoms with Gasteiger partial charge in [-0.1, -0.05) is 35.9 Å². The quantitative estimate of drug-likeness (QED) is 0.657. The summed E-state index contributed by atoms with van der Waals surface area (Å²) in [5.74, 6) is 0.924. The van der Waals surface area contributed by atoms with Crippen LogP contribution in [0.15, 0.2) is 42.5 Å². The number of H-pyrrole nitrogens is 1. The lowest BCUT2D eigenvalue weighted by molar-refractivity contribution is 0.0602. The van der Waals surface area contributed by atoms with Crippen LogP contribution < -0.4 is 4.74 Å². The zero-order valence-electron chi connectivity index (χ0n) is 17.6. The highest BCUT2D eigenvalue weighted by molar-refractivity contribution is 5.96. The van der Waals surface area contributed by atoms with E-state index in [4.69, 9.17) is 9.84 Å². The van der Waals surface area contributed by atoms with Gasteiger partial charge in [-0.3, -0.25) is 9.89 Å². The summed E-state index contributed by atoms with van der Waals surface area (Å²) in [6.07, 6.45) is 0. The van der Waals surface area contributed by atoms with Crippen LogP contribution in [0.5, 0.6) is 5.88 Å². The number of nitrogens with zero attached hydrogens (tertiary/aromatic N) is 2. The molecular formula is C24H27N3O3. The maximum Gasteiger partial charge on any atom is 0.253 e. The van der Waals surface area contributed by atoms with E-state index in [0.717, 1.165) is 35.5 Å². The Kier molecular flexibility index (Phi) is 5.59. The first-order valence-electron chi connectivity index (χ1n) is 10.2. The van der Waals surface area contributed by atoms with Gasteiger partial charge in [0.1, 0.15) is 6.61 Å². The summed E-state index contributed by atoms with van der Waals surface area (Å²) < 4.78 is 5.46. The lowest BCUT2D eigenvalue weighted by Gasteiger charge is -2.39. The van der Waals surface area contributed by atoms with Crippen molar-refractivity contribution in [1.82, 2.24) is 15.1 Å². The average Bonchev–Trinajstić information content (AvgIpc) is 3.07. The highest BCUT2D eigenvalue weighted by Crippen LogP contribution is 2.32. The number of aromatic nitrogens is 2. The minimum absolute atomic E-state index is 0.0496.